The quantitative estimate of drug-likeness (QED) is 0.767. The molecule has 0 saturated carbocycles. The first kappa shape index (κ1) is 12.9. The van der Waals surface area contributed by atoms with Gasteiger partial charge in [-0.25, -0.2) is 4.79 Å². The van der Waals surface area contributed by atoms with E-state index in [1.54, 1.807) is 0 Å². The summed E-state index contributed by atoms with van der Waals surface area (Å²) in [6.07, 6.45) is -4.43. The maximum absolute atomic E-state index is 12.8. The van der Waals surface area contributed by atoms with Gasteiger partial charge in [0.25, 0.3) is 0 Å². The van der Waals surface area contributed by atoms with Gasteiger partial charge in [-0.3, -0.25) is 0 Å². The Kier molecular flexibility index (Phi) is 3.30. The van der Waals surface area contributed by atoms with E-state index in [-0.39, 0.29) is 30.3 Å². The minimum atomic E-state index is -4.43. The smallest absolute Gasteiger partial charge is 0.416 e. The zero-order valence-corrected chi connectivity index (χ0v) is 9.58. The molecular weight excluding hydrogens is 249 g/mol. The Balaban J connectivity index is 2.45. The molecule has 1 aliphatic rings. The molecule has 1 saturated heterocycles. The Labute approximate surface area is 102 Å². The number of carbonyl (C=O) groups is 1. The van der Waals surface area contributed by atoms with Crippen molar-refractivity contribution in [2.45, 2.75) is 12.1 Å². The number of halogens is 3. The van der Waals surface area contributed by atoms with Gasteiger partial charge in [0.05, 0.1) is 31.5 Å². The van der Waals surface area contributed by atoms with E-state index >= 15 is 0 Å². The fraction of sp³-hybridized carbons (Fsp3) is 0.417. The van der Waals surface area contributed by atoms with Gasteiger partial charge in [-0.1, -0.05) is 0 Å². The van der Waals surface area contributed by atoms with Gasteiger partial charge in [0.15, 0.2) is 0 Å². The first-order valence-corrected chi connectivity index (χ1v) is 5.30. The number of alkyl halides is 3. The number of methoxy groups -OCH3 is 1. The van der Waals surface area contributed by atoms with Gasteiger partial charge in [0.1, 0.15) is 0 Å². The fourth-order valence-corrected chi connectivity index (χ4v) is 1.82. The molecule has 3 nitrogen and oxygen atoms in total. The second-order valence-electron chi connectivity index (χ2n) is 4.03. The molecule has 0 amide bonds. The SMILES string of the molecule is COC(=O)c1ccc(C(F)(F)F)c(C2COC2)c1. The average Bonchev–Trinajstić information content (AvgIpc) is 2.24. The van der Waals surface area contributed by atoms with Crippen LogP contribution in [0.2, 0.25) is 0 Å². The van der Waals surface area contributed by atoms with Gasteiger partial charge in [0, 0.05) is 5.92 Å². The molecule has 98 valence electrons. The molecule has 2 rings (SSSR count). The van der Waals surface area contributed by atoms with Crippen molar-refractivity contribution in [1.29, 1.82) is 0 Å². The van der Waals surface area contributed by atoms with E-state index in [0.29, 0.717) is 0 Å². The Hall–Kier alpha value is -1.56. The van der Waals surface area contributed by atoms with Gasteiger partial charge in [-0.15, -0.1) is 0 Å². The van der Waals surface area contributed by atoms with E-state index in [4.69, 9.17) is 4.74 Å². The van der Waals surface area contributed by atoms with E-state index in [1.807, 2.05) is 0 Å². The van der Waals surface area contributed by atoms with Crippen molar-refractivity contribution in [1.82, 2.24) is 0 Å². The zero-order valence-electron chi connectivity index (χ0n) is 9.58. The third-order valence-corrected chi connectivity index (χ3v) is 2.86. The van der Waals surface area contributed by atoms with Crippen molar-refractivity contribution >= 4 is 5.97 Å². The van der Waals surface area contributed by atoms with Gasteiger partial charge in [-0.2, -0.15) is 13.2 Å². The van der Waals surface area contributed by atoms with E-state index in [0.717, 1.165) is 12.1 Å². The van der Waals surface area contributed by atoms with Gasteiger partial charge >= 0.3 is 12.1 Å². The van der Waals surface area contributed by atoms with Crippen LogP contribution in [0.1, 0.15) is 27.4 Å². The minimum Gasteiger partial charge on any atom is -0.465 e. The van der Waals surface area contributed by atoms with Crippen LogP contribution in [0.4, 0.5) is 13.2 Å². The molecule has 0 aromatic heterocycles. The third kappa shape index (κ3) is 2.33. The van der Waals surface area contributed by atoms with Crippen molar-refractivity contribution in [2.24, 2.45) is 0 Å². The molecule has 6 heteroatoms. The maximum atomic E-state index is 12.8. The van der Waals surface area contributed by atoms with Crippen LogP contribution in [0.3, 0.4) is 0 Å². The molecular formula is C12H11F3O3. The maximum Gasteiger partial charge on any atom is 0.416 e. The molecule has 1 aromatic carbocycles. The summed E-state index contributed by atoms with van der Waals surface area (Å²) in [5.41, 5.74) is -0.507. The predicted octanol–water partition coefficient (Wildman–Crippen LogP) is 2.61. The van der Waals surface area contributed by atoms with Gasteiger partial charge in [0.2, 0.25) is 0 Å². The summed E-state index contributed by atoms with van der Waals surface area (Å²) in [5, 5.41) is 0. The number of hydrogen-bond acceptors (Lipinski definition) is 3. The zero-order chi connectivity index (χ0) is 13.3. The Morgan fingerprint density at radius 1 is 1.39 bits per heavy atom. The molecule has 0 radical (unpaired) electrons. The van der Waals surface area contributed by atoms with Crippen molar-refractivity contribution in [2.75, 3.05) is 20.3 Å². The number of ether oxygens (including phenoxy) is 2. The summed E-state index contributed by atoms with van der Waals surface area (Å²) in [7, 11) is 1.19. The van der Waals surface area contributed by atoms with Crippen LogP contribution in [0.25, 0.3) is 0 Å². The van der Waals surface area contributed by atoms with Crippen LogP contribution in [0, 0.1) is 0 Å². The highest BCUT2D eigenvalue weighted by molar-refractivity contribution is 5.89. The fourth-order valence-electron chi connectivity index (χ4n) is 1.82. The lowest BCUT2D eigenvalue weighted by molar-refractivity contribution is -0.139. The van der Waals surface area contributed by atoms with Crippen molar-refractivity contribution in [3.05, 3.63) is 34.9 Å². The van der Waals surface area contributed by atoms with Crippen LogP contribution in [0.5, 0.6) is 0 Å². The second kappa shape index (κ2) is 4.61. The molecule has 0 bridgehead atoms. The predicted molar refractivity (Wildman–Crippen MR) is 56.3 cm³/mol. The van der Waals surface area contributed by atoms with Crippen molar-refractivity contribution in [3.8, 4) is 0 Å². The Morgan fingerprint density at radius 3 is 2.50 bits per heavy atom. The van der Waals surface area contributed by atoms with Crippen LogP contribution in [-0.2, 0) is 15.7 Å². The number of hydrogen-bond donors (Lipinski definition) is 0. The summed E-state index contributed by atoms with van der Waals surface area (Å²) < 4.78 is 47.9. The monoisotopic (exact) mass is 260 g/mol. The topological polar surface area (TPSA) is 35.5 Å². The molecule has 1 aromatic rings. The van der Waals surface area contributed by atoms with Crippen LogP contribution >= 0.6 is 0 Å². The summed E-state index contributed by atoms with van der Waals surface area (Å²) in [5.74, 6) is -0.962. The molecule has 0 atom stereocenters. The van der Waals surface area contributed by atoms with Gasteiger partial charge in [-0.05, 0) is 23.8 Å². The van der Waals surface area contributed by atoms with E-state index in [9.17, 15) is 18.0 Å². The summed E-state index contributed by atoms with van der Waals surface area (Å²) >= 11 is 0. The number of carbonyl (C=O) groups excluding carboxylic acids is 1. The summed E-state index contributed by atoms with van der Waals surface area (Å²) in [4.78, 5) is 11.3. The Bertz CT molecular complexity index is 464. The molecule has 0 spiro atoms. The summed E-state index contributed by atoms with van der Waals surface area (Å²) in [6.45, 7) is 0.488. The third-order valence-electron chi connectivity index (χ3n) is 2.86. The van der Waals surface area contributed by atoms with E-state index in [2.05, 4.69) is 4.74 Å². The molecule has 0 N–H and O–H groups in total. The van der Waals surface area contributed by atoms with Crippen LogP contribution in [-0.4, -0.2) is 26.3 Å². The largest absolute Gasteiger partial charge is 0.465 e. The second-order valence-corrected chi connectivity index (χ2v) is 4.03. The molecule has 1 aliphatic heterocycles. The molecule has 1 heterocycles. The molecule has 18 heavy (non-hydrogen) atoms. The molecule has 0 unspecified atom stereocenters. The molecule has 0 aliphatic carbocycles. The highest BCUT2D eigenvalue weighted by atomic mass is 19.4. The average molecular weight is 260 g/mol. The van der Waals surface area contributed by atoms with E-state index < -0.39 is 17.7 Å². The van der Waals surface area contributed by atoms with Crippen molar-refractivity contribution in [3.63, 3.8) is 0 Å². The normalized spacial score (nSPS) is 16.2. The number of esters is 1. The Morgan fingerprint density at radius 2 is 2.06 bits per heavy atom. The highest BCUT2D eigenvalue weighted by Gasteiger charge is 2.37. The van der Waals surface area contributed by atoms with Gasteiger partial charge < -0.3 is 9.47 Å². The van der Waals surface area contributed by atoms with Crippen LogP contribution in [0.15, 0.2) is 18.2 Å². The first-order chi connectivity index (χ1) is 8.43. The highest BCUT2D eigenvalue weighted by Crippen LogP contribution is 2.38. The standard InChI is InChI=1S/C12H11F3O3/c1-17-11(16)7-2-3-10(12(13,14)15)9(4-7)8-5-18-6-8/h2-4,8H,5-6H2,1H3. The number of benzene rings is 1. The minimum absolute atomic E-state index is 0.0941. The lowest BCUT2D eigenvalue weighted by Crippen LogP contribution is -2.28. The lowest BCUT2D eigenvalue weighted by atomic mass is 9.91. The number of rotatable bonds is 2. The first-order valence-electron chi connectivity index (χ1n) is 5.30. The van der Waals surface area contributed by atoms with Crippen LogP contribution < -0.4 is 0 Å². The lowest BCUT2D eigenvalue weighted by Gasteiger charge is -2.29. The summed E-state index contributed by atoms with van der Waals surface area (Å²) in [6, 6.07) is 3.28. The van der Waals surface area contributed by atoms with Crippen molar-refractivity contribution < 1.29 is 27.4 Å². The van der Waals surface area contributed by atoms with E-state index in [1.165, 1.54) is 13.2 Å². The molecule has 1 fully saturated rings.